The maximum absolute atomic E-state index is 12.0. The second-order valence-electron chi connectivity index (χ2n) is 7.57. The van der Waals surface area contributed by atoms with Crippen LogP contribution in [0.3, 0.4) is 0 Å². The molecule has 0 amide bonds. The average Bonchev–Trinajstić information content (AvgIpc) is 3.42. The van der Waals surface area contributed by atoms with Crippen molar-refractivity contribution in [3.63, 3.8) is 0 Å². The van der Waals surface area contributed by atoms with Gasteiger partial charge in [-0.15, -0.1) is 0 Å². The molecule has 3 aromatic carbocycles. The van der Waals surface area contributed by atoms with Crippen LogP contribution in [0, 0.1) is 0 Å². The molecule has 0 fully saturated rings. The van der Waals surface area contributed by atoms with E-state index in [1.807, 2.05) is 36.4 Å². The number of rotatable bonds is 7. The topological polar surface area (TPSA) is 90.0 Å². The molecular formula is C25H20ClNO6. The summed E-state index contributed by atoms with van der Waals surface area (Å²) in [5, 5.41) is 11.0. The lowest BCUT2D eigenvalue weighted by Crippen LogP contribution is -2.02. The summed E-state index contributed by atoms with van der Waals surface area (Å²) in [6.45, 7) is 0.449. The second kappa shape index (κ2) is 8.60. The number of aromatic amines is 1. The summed E-state index contributed by atoms with van der Waals surface area (Å²) in [5.41, 5.74) is 3.07. The summed E-state index contributed by atoms with van der Waals surface area (Å²) in [6, 6.07) is 16.6. The molecule has 0 radical (unpaired) electrons. The molecule has 0 spiro atoms. The van der Waals surface area contributed by atoms with Gasteiger partial charge in [0.25, 0.3) is 0 Å². The molecule has 5 rings (SSSR count). The minimum Gasteiger partial charge on any atom is -0.496 e. The van der Waals surface area contributed by atoms with E-state index in [2.05, 4.69) is 4.98 Å². The third-order valence-electron chi connectivity index (χ3n) is 5.59. The van der Waals surface area contributed by atoms with E-state index in [0.717, 1.165) is 22.3 Å². The SMILES string of the molecule is COc1ccccc1COc1ccc2[nH]c(C(=O)O)c(Cc3cc4c(cc3Cl)OCO4)c2c1. The third-order valence-corrected chi connectivity index (χ3v) is 5.94. The number of hydrogen-bond donors (Lipinski definition) is 2. The van der Waals surface area contributed by atoms with Gasteiger partial charge in [-0.3, -0.25) is 0 Å². The number of nitrogens with one attached hydrogen (secondary N) is 1. The predicted octanol–water partition coefficient (Wildman–Crippen LogP) is 5.43. The first-order valence-electron chi connectivity index (χ1n) is 10.2. The molecule has 0 saturated carbocycles. The van der Waals surface area contributed by atoms with Gasteiger partial charge in [0.15, 0.2) is 11.5 Å². The van der Waals surface area contributed by atoms with Crippen LogP contribution in [0.4, 0.5) is 0 Å². The zero-order valence-corrected chi connectivity index (χ0v) is 18.4. The van der Waals surface area contributed by atoms with Crippen LogP contribution in [0.5, 0.6) is 23.0 Å². The number of ether oxygens (including phenoxy) is 4. The van der Waals surface area contributed by atoms with Crippen LogP contribution in [-0.4, -0.2) is 30.0 Å². The quantitative estimate of drug-likeness (QED) is 0.378. The number of carboxylic acid groups (broad SMARTS) is 1. The fourth-order valence-corrected chi connectivity index (χ4v) is 4.17. The first-order valence-corrected chi connectivity index (χ1v) is 10.6. The number of aromatic nitrogens is 1. The maximum atomic E-state index is 12.0. The summed E-state index contributed by atoms with van der Waals surface area (Å²) in [5.74, 6) is 1.48. The molecule has 2 heterocycles. The van der Waals surface area contributed by atoms with Crippen LogP contribution in [0.1, 0.15) is 27.2 Å². The molecule has 0 saturated heterocycles. The van der Waals surface area contributed by atoms with Crippen LogP contribution in [0.25, 0.3) is 10.9 Å². The minimum absolute atomic E-state index is 0.112. The summed E-state index contributed by atoms with van der Waals surface area (Å²) in [7, 11) is 1.62. The number of fused-ring (bicyclic) bond motifs is 2. The number of hydrogen-bond acceptors (Lipinski definition) is 5. The van der Waals surface area contributed by atoms with E-state index in [-0.39, 0.29) is 12.5 Å². The first kappa shape index (κ1) is 21.0. The van der Waals surface area contributed by atoms with Gasteiger partial charge in [-0.1, -0.05) is 29.8 Å². The lowest BCUT2D eigenvalue weighted by Gasteiger charge is -2.11. The Hall–Kier alpha value is -3.84. The van der Waals surface area contributed by atoms with Crippen LogP contribution in [0.15, 0.2) is 54.6 Å². The number of H-pyrrole nitrogens is 1. The summed E-state index contributed by atoms with van der Waals surface area (Å²) < 4.78 is 22.2. The molecule has 2 N–H and O–H groups in total. The Morgan fingerprint density at radius 1 is 1.09 bits per heavy atom. The smallest absolute Gasteiger partial charge is 0.352 e. The zero-order chi connectivity index (χ0) is 22.9. The molecule has 33 heavy (non-hydrogen) atoms. The molecule has 4 aromatic rings. The van der Waals surface area contributed by atoms with Crippen LogP contribution < -0.4 is 18.9 Å². The molecule has 1 aromatic heterocycles. The molecule has 0 aliphatic carbocycles. The highest BCUT2D eigenvalue weighted by Gasteiger charge is 2.22. The molecule has 7 nitrogen and oxygen atoms in total. The van der Waals surface area contributed by atoms with Gasteiger partial charge in [0.05, 0.1) is 7.11 Å². The fraction of sp³-hybridized carbons (Fsp3) is 0.160. The summed E-state index contributed by atoms with van der Waals surface area (Å²) in [4.78, 5) is 15.0. The summed E-state index contributed by atoms with van der Waals surface area (Å²) in [6.07, 6.45) is 0.299. The van der Waals surface area contributed by atoms with E-state index >= 15 is 0 Å². The lowest BCUT2D eigenvalue weighted by molar-refractivity contribution is 0.0690. The number of benzene rings is 3. The van der Waals surface area contributed by atoms with Crippen LogP contribution in [-0.2, 0) is 13.0 Å². The number of methoxy groups -OCH3 is 1. The zero-order valence-electron chi connectivity index (χ0n) is 17.7. The number of halogens is 1. The van der Waals surface area contributed by atoms with E-state index < -0.39 is 5.97 Å². The fourth-order valence-electron chi connectivity index (χ4n) is 3.95. The van der Waals surface area contributed by atoms with E-state index in [4.69, 9.17) is 30.5 Å². The highest BCUT2D eigenvalue weighted by Crippen LogP contribution is 2.39. The van der Waals surface area contributed by atoms with Gasteiger partial charge >= 0.3 is 5.97 Å². The second-order valence-corrected chi connectivity index (χ2v) is 7.97. The first-order chi connectivity index (χ1) is 16.0. The van der Waals surface area contributed by atoms with E-state index in [9.17, 15) is 9.90 Å². The highest BCUT2D eigenvalue weighted by molar-refractivity contribution is 6.31. The maximum Gasteiger partial charge on any atom is 0.352 e. The number of carboxylic acids is 1. The van der Waals surface area contributed by atoms with Gasteiger partial charge in [0, 0.05) is 34.0 Å². The largest absolute Gasteiger partial charge is 0.496 e. The Morgan fingerprint density at radius 2 is 1.88 bits per heavy atom. The number of carbonyl (C=O) groups is 1. The normalized spacial score (nSPS) is 12.2. The number of aromatic carboxylic acids is 1. The van der Waals surface area contributed by atoms with Gasteiger partial charge in [-0.2, -0.15) is 0 Å². The Labute approximate surface area is 194 Å². The minimum atomic E-state index is -1.05. The van der Waals surface area contributed by atoms with Crippen molar-refractivity contribution in [3.8, 4) is 23.0 Å². The van der Waals surface area contributed by atoms with Gasteiger partial charge < -0.3 is 29.0 Å². The molecule has 0 atom stereocenters. The van der Waals surface area contributed by atoms with E-state index in [1.165, 1.54) is 0 Å². The standard InChI is InChI=1S/C25H20ClNO6/c1-30-21-5-3-2-4-14(21)12-31-16-6-7-20-17(10-16)18(24(27-20)25(28)29)8-15-9-22-23(11-19(15)26)33-13-32-22/h2-7,9-11,27H,8,12-13H2,1H3,(H,28,29). The van der Waals surface area contributed by atoms with Crippen molar-refractivity contribution in [1.82, 2.24) is 4.98 Å². The predicted molar refractivity (Wildman–Crippen MR) is 123 cm³/mol. The third kappa shape index (κ3) is 4.03. The van der Waals surface area contributed by atoms with Gasteiger partial charge in [0.2, 0.25) is 6.79 Å². The van der Waals surface area contributed by atoms with Crippen LogP contribution >= 0.6 is 11.6 Å². The van der Waals surface area contributed by atoms with Crippen LogP contribution in [0.2, 0.25) is 5.02 Å². The highest BCUT2D eigenvalue weighted by atomic mass is 35.5. The molecule has 0 unspecified atom stereocenters. The molecule has 1 aliphatic heterocycles. The summed E-state index contributed by atoms with van der Waals surface area (Å²) >= 11 is 6.46. The monoisotopic (exact) mass is 465 g/mol. The van der Waals surface area contributed by atoms with Crippen molar-refractivity contribution in [2.75, 3.05) is 13.9 Å². The molecule has 8 heteroatoms. The Bertz CT molecular complexity index is 1360. The number of para-hydroxylation sites is 1. The Kier molecular flexibility index (Phi) is 5.48. The Morgan fingerprint density at radius 3 is 2.67 bits per heavy atom. The van der Waals surface area contributed by atoms with Gasteiger partial charge in [0.1, 0.15) is 23.8 Å². The van der Waals surface area contributed by atoms with Crippen molar-refractivity contribution in [2.45, 2.75) is 13.0 Å². The molecule has 168 valence electrons. The van der Waals surface area contributed by atoms with Crippen molar-refractivity contribution in [3.05, 3.63) is 82.0 Å². The van der Waals surface area contributed by atoms with Crippen molar-refractivity contribution in [2.24, 2.45) is 0 Å². The molecular weight excluding hydrogens is 446 g/mol. The molecule has 1 aliphatic rings. The van der Waals surface area contributed by atoms with E-state index in [0.29, 0.717) is 46.4 Å². The van der Waals surface area contributed by atoms with E-state index in [1.54, 1.807) is 25.3 Å². The van der Waals surface area contributed by atoms with Gasteiger partial charge in [-0.25, -0.2) is 4.79 Å². The van der Waals surface area contributed by atoms with Gasteiger partial charge in [-0.05, 0) is 41.5 Å². The average molecular weight is 466 g/mol. The van der Waals surface area contributed by atoms with Crippen molar-refractivity contribution in [1.29, 1.82) is 0 Å². The lowest BCUT2D eigenvalue weighted by atomic mass is 10.0. The van der Waals surface area contributed by atoms with Crippen molar-refractivity contribution < 1.29 is 28.8 Å². The molecule has 0 bridgehead atoms. The Balaban J connectivity index is 1.49. The van der Waals surface area contributed by atoms with Crippen molar-refractivity contribution >= 4 is 28.5 Å².